The molecule has 3 rings (SSSR count). The smallest absolute Gasteiger partial charge is 0.339 e. The van der Waals surface area contributed by atoms with Gasteiger partial charge in [-0.25, -0.2) is 4.79 Å². The third-order valence-corrected chi connectivity index (χ3v) is 5.03. The Bertz CT molecular complexity index is 568. The number of para-hydroxylation sites is 1. The Morgan fingerprint density at radius 1 is 1.33 bits per heavy atom. The van der Waals surface area contributed by atoms with E-state index in [4.69, 9.17) is 9.47 Å². The first kappa shape index (κ1) is 17.2. The van der Waals surface area contributed by atoms with Gasteiger partial charge in [0.05, 0.1) is 11.7 Å². The maximum atomic E-state index is 11.2. The number of carboxylic acid groups (broad SMARTS) is 1. The lowest BCUT2D eigenvalue weighted by molar-refractivity contribution is -0.164. The van der Waals surface area contributed by atoms with E-state index in [0.29, 0.717) is 12.4 Å². The van der Waals surface area contributed by atoms with Crippen molar-refractivity contribution in [3.63, 3.8) is 0 Å². The highest BCUT2D eigenvalue weighted by molar-refractivity contribution is 5.90. The second-order valence-corrected chi connectivity index (χ2v) is 7.06. The molecule has 1 aliphatic heterocycles. The van der Waals surface area contributed by atoms with Crippen LogP contribution in [0.4, 0.5) is 0 Å². The van der Waals surface area contributed by atoms with Crippen LogP contribution < -0.4 is 4.74 Å². The molecule has 0 amide bonds. The average Bonchev–Trinajstić information content (AvgIpc) is 2.55. The molecule has 1 spiro atoms. The highest BCUT2D eigenvalue weighted by Gasteiger charge is 2.40. The molecule has 0 bridgehead atoms. The van der Waals surface area contributed by atoms with Crippen molar-refractivity contribution in [1.82, 2.24) is 4.90 Å². The van der Waals surface area contributed by atoms with Gasteiger partial charge in [0.15, 0.2) is 0 Å². The number of carbonyl (C=O) groups is 1. The molecule has 2 aliphatic rings. The molecule has 0 aromatic heterocycles. The number of rotatable bonds is 5. The first-order chi connectivity index (χ1) is 11.6. The van der Waals surface area contributed by atoms with E-state index >= 15 is 0 Å². The van der Waals surface area contributed by atoms with Gasteiger partial charge in [0.1, 0.15) is 17.9 Å². The summed E-state index contributed by atoms with van der Waals surface area (Å²) < 4.78 is 12.0. The van der Waals surface area contributed by atoms with Crippen LogP contribution in [-0.4, -0.2) is 53.9 Å². The van der Waals surface area contributed by atoms with Gasteiger partial charge in [-0.05, 0) is 31.9 Å². The number of carboxylic acids is 1. The number of nitrogens with zero attached hydrogens (tertiary/aromatic N) is 1. The normalized spacial score (nSPS) is 24.0. The lowest BCUT2D eigenvalue weighted by Gasteiger charge is -2.47. The second-order valence-electron chi connectivity index (χ2n) is 7.06. The largest absolute Gasteiger partial charge is 0.491 e. The van der Waals surface area contributed by atoms with E-state index in [0.717, 1.165) is 32.5 Å². The maximum Gasteiger partial charge on any atom is 0.339 e. The fourth-order valence-corrected chi connectivity index (χ4v) is 4.03. The van der Waals surface area contributed by atoms with Crippen molar-refractivity contribution in [3.05, 3.63) is 29.8 Å². The minimum atomic E-state index is -0.952. The molecule has 1 aliphatic carbocycles. The van der Waals surface area contributed by atoms with Gasteiger partial charge in [-0.2, -0.15) is 0 Å². The summed E-state index contributed by atoms with van der Waals surface area (Å²) in [6, 6.07) is 6.81. The molecule has 1 saturated heterocycles. The number of aromatic carboxylic acids is 1. The molecule has 132 valence electrons. The van der Waals surface area contributed by atoms with Gasteiger partial charge < -0.3 is 14.6 Å². The van der Waals surface area contributed by atoms with Crippen LogP contribution in [0.2, 0.25) is 0 Å². The number of hydrogen-bond acceptors (Lipinski definition) is 4. The Balaban J connectivity index is 1.55. The van der Waals surface area contributed by atoms with E-state index in [2.05, 4.69) is 11.8 Å². The predicted molar refractivity (Wildman–Crippen MR) is 91.7 cm³/mol. The average molecular weight is 333 g/mol. The molecule has 2 fully saturated rings. The zero-order valence-corrected chi connectivity index (χ0v) is 14.4. The van der Waals surface area contributed by atoms with Gasteiger partial charge in [0.2, 0.25) is 0 Å². The van der Waals surface area contributed by atoms with Gasteiger partial charge in [-0.15, -0.1) is 0 Å². The monoisotopic (exact) mass is 333 g/mol. The zero-order valence-electron chi connectivity index (χ0n) is 14.4. The van der Waals surface area contributed by atoms with Crippen molar-refractivity contribution in [1.29, 1.82) is 0 Å². The first-order valence-electron chi connectivity index (χ1n) is 8.93. The molecule has 1 atom stereocenters. The third kappa shape index (κ3) is 4.08. The Kier molecular flexibility index (Phi) is 5.41. The van der Waals surface area contributed by atoms with Crippen LogP contribution in [0.1, 0.15) is 49.4 Å². The summed E-state index contributed by atoms with van der Waals surface area (Å²) in [7, 11) is 0. The Hall–Kier alpha value is -1.59. The summed E-state index contributed by atoms with van der Waals surface area (Å²) in [5, 5.41) is 9.21. The standard InChI is InChI=1S/C19H27NO4/c1-15-13-20(14-19(24-15)9-5-2-6-10-19)11-12-23-17-8-4-3-7-16(17)18(21)22/h3-4,7-8,15H,2,5-6,9-14H2,1H3,(H,21,22). The highest BCUT2D eigenvalue weighted by atomic mass is 16.5. The molecule has 1 aromatic rings. The van der Waals surface area contributed by atoms with E-state index in [-0.39, 0.29) is 17.3 Å². The summed E-state index contributed by atoms with van der Waals surface area (Å²) >= 11 is 0. The molecule has 5 nitrogen and oxygen atoms in total. The van der Waals surface area contributed by atoms with Crippen molar-refractivity contribution in [2.75, 3.05) is 26.2 Å². The molecule has 1 unspecified atom stereocenters. The van der Waals surface area contributed by atoms with Gasteiger partial charge in [0, 0.05) is 19.6 Å². The molecular weight excluding hydrogens is 306 g/mol. The minimum Gasteiger partial charge on any atom is -0.491 e. The van der Waals surface area contributed by atoms with Crippen molar-refractivity contribution < 1.29 is 19.4 Å². The van der Waals surface area contributed by atoms with E-state index < -0.39 is 5.97 Å². The summed E-state index contributed by atoms with van der Waals surface area (Å²) in [6.07, 6.45) is 6.36. The topological polar surface area (TPSA) is 59.0 Å². The maximum absolute atomic E-state index is 11.2. The second kappa shape index (κ2) is 7.53. The fraction of sp³-hybridized carbons (Fsp3) is 0.632. The van der Waals surface area contributed by atoms with Gasteiger partial charge in [0.25, 0.3) is 0 Å². The van der Waals surface area contributed by atoms with Crippen LogP contribution in [0, 0.1) is 0 Å². The summed E-state index contributed by atoms with van der Waals surface area (Å²) in [5.74, 6) is -0.509. The molecule has 1 heterocycles. The van der Waals surface area contributed by atoms with E-state index in [9.17, 15) is 9.90 Å². The van der Waals surface area contributed by atoms with Crippen LogP contribution in [0.5, 0.6) is 5.75 Å². The molecule has 1 aromatic carbocycles. The third-order valence-electron chi connectivity index (χ3n) is 5.03. The van der Waals surface area contributed by atoms with Crippen molar-refractivity contribution >= 4 is 5.97 Å². The molecular formula is C19H27NO4. The SMILES string of the molecule is CC1CN(CCOc2ccccc2C(=O)O)CC2(CCCCC2)O1. The lowest BCUT2D eigenvalue weighted by Crippen LogP contribution is -2.56. The Morgan fingerprint density at radius 3 is 2.83 bits per heavy atom. The molecule has 24 heavy (non-hydrogen) atoms. The summed E-state index contributed by atoms with van der Waals surface area (Å²) in [4.78, 5) is 13.6. The Morgan fingerprint density at radius 2 is 2.08 bits per heavy atom. The number of ether oxygens (including phenoxy) is 2. The number of morpholine rings is 1. The summed E-state index contributed by atoms with van der Waals surface area (Å²) in [6.45, 7) is 5.30. The highest BCUT2D eigenvalue weighted by Crippen LogP contribution is 2.36. The quantitative estimate of drug-likeness (QED) is 0.897. The first-order valence-corrected chi connectivity index (χ1v) is 8.93. The molecule has 5 heteroatoms. The van der Waals surface area contributed by atoms with E-state index in [1.165, 1.54) is 19.3 Å². The van der Waals surface area contributed by atoms with Crippen molar-refractivity contribution in [3.8, 4) is 5.75 Å². The lowest BCUT2D eigenvalue weighted by atomic mass is 9.83. The molecule has 1 N–H and O–H groups in total. The minimum absolute atomic E-state index is 0.0227. The van der Waals surface area contributed by atoms with E-state index in [1.807, 2.05) is 0 Å². The van der Waals surface area contributed by atoms with Gasteiger partial charge >= 0.3 is 5.97 Å². The van der Waals surface area contributed by atoms with Gasteiger partial charge in [-0.3, -0.25) is 4.90 Å². The Labute approximate surface area is 143 Å². The van der Waals surface area contributed by atoms with E-state index in [1.54, 1.807) is 24.3 Å². The van der Waals surface area contributed by atoms with Crippen LogP contribution in [-0.2, 0) is 4.74 Å². The molecule has 0 radical (unpaired) electrons. The zero-order chi connectivity index (χ0) is 17.0. The number of hydrogen-bond donors (Lipinski definition) is 1. The predicted octanol–water partition coefficient (Wildman–Crippen LogP) is 3.19. The van der Waals surface area contributed by atoms with Crippen LogP contribution in [0.3, 0.4) is 0 Å². The fourth-order valence-electron chi connectivity index (χ4n) is 4.03. The molecule has 1 saturated carbocycles. The van der Waals surface area contributed by atoms with Crippen LogP contribution in [0.15, 0.2) is 24.3 Å². The van der Waals surface area contributed by atoms with Crippen LogP contribution in [0.25, 0.3) is 0 Å². The van der Waals surface area contributed by atoms with Gasteiger partial charge in [-0.1, -0.05) is 31.4 Å². The summed E-state index contributed by atoms with van der Waals surface area (Å²) in [5.41, 5.74) is 0.242. The van der Waals surface area contributed by atoms with Crippen LogP contribution >= 0.6 is 0 Å². The van der Waals surface area contributed by atoms with Crippen molar-refractivity contribution in [2.45, 2.75) is 50.7 Å². The van der Waals surface area contributed by atoms with Crippen molar-refractivity contribution in [2.24, 2.45) is 0 Å². The number of benzene rings is 1.